The smallest absolute Gasteiger partial charge is 0.339 e. The van der Waals surface area contributed by atoms with E-state index in [1.165, 1.54) is 0 Å². The summed E-state index contributed by atoms with van der Waals surface area (Å²) in [5.41, 5.74) is 3.76. The number of anilines is 1. The Morgan fingerprint density at radius 2 is 1.90 bits per heavy atom. The summed E-state index contributed by atoms with van der Waals surface area (Å²) in [6.07, 6.45) is 0.780. The monoisotopic (exact) mass is 481 g/mol. The molecule has 0 spiro atoms. The Hall–Kier alpha value is -2.77. The number of carbonyl (C=O) groups is 2. The van der Waals surface area contributed by atoms with Crippen molar-refractivity contribution in [2.24, 2.45) is 0 Å². The van der Waals surface area contributed by atoms with Crippen LogP contribution in [0.1, 0.15) is 35.5 Å². The van der Waals surface area contributed by atoms with E-state index in [1.807, 2.05) is 36.4 Å². The number of hydrogen-bond acceptors (Lipinski definition) is 5. The molecule has 1 aliphatic heterocycles. The minimum Gasteiger partial charge on any atom is -0.452 e. The van der Waals surface area contributed by atoms with E-state index >= 15 is 0 Å². The molecular weight excluding hydrogens is 458 g/mol. The zero-order valence-corrected chi connectivity index (χ0v) is 19.1. The number of para-hydroxylation sites is 1. The van der Waals surface area contributed by atoms with Gasteiger partial charge in [-0.25, -0.2) is 4.79 Å². The third-order valence-electron chi connectivity index (χ3n) is 5.47. The predicted octanol–water partition coefficient (Wildman–Crippen LogP) is 4.56. The second-order valence-corrected chi connectivity index (χ2v) is 8.79. The molecule has 3 aromatic rings. The molecule has 1 aromatic heterocycles. The molecule has 160 valence electrons. The van der Waals surface area contributed by atoms with Gasteiger partial charge in [-0.1, -0.05) is 34.1 Å². The van der Waals surface area contributed by atoms with Crippen LogP contribution in [0.4, 0.5) is 5.69 Å². The van der Waals surface area contributed by atoms with Crippen molar-refractivity contribution in [3.05, 3.63) is 69.8 Å². The van der Waals surface area contributed by atoms with Crippen LogP contribution < -0.4 is 5.32 Å². The molecular formula is C24H24BrN3O3. The fourth-order valence-electron chi connectivity index (χ4n) is 3.82. The van der Waals surface area contributed by atoms with Crippen LogP contribution in [0, 0.1) is 0 Å². The summed E-state index contributed by atoms with van der Waals surface area (Å²) < 4.78 is 6.37. The van der Waals surface area contributed by atoms with Gasteiger partial charge in [0.15, 0.2) is 6.61 Å². The molecule has 1 aliphatic rings. The summed E-state index contributed by atoms with van der Waals surface area (Å²) in [5, 5.41) is 3.49. The Labute approximate surface area is 189 Å². The van der Waals surface area contributed by atoms with Crippen molar-refractivity contribution in [1.82, 2.24) is 9.88 Å². The van der Waals surface area contributed by atoms with Crippen molar-refractivity contribution in [3.8, 4) is 0 Å². The minimum absolute atomic E-state index is 0.353. The van der Waals surface area contributed by atoms with Gasteiger partial charge in [0.1, 0.15) is 0 Å². The number of aromatic nitrogens is 1. The van der Waals surface area contributed by atoms with E-state index < -0.39 is 5.97 Å². The second-order valence-electron chi connectivity index (χ2n) is 7.87. The van der Waals surface area contributed by atoms with E-state index in [0.29, 0.717) is 23.8 Å². The van der Waals surface area contributed by atoms with Gasteiger partial charge in [-0.2, -0.15) is 0 Å². The molecule has 0 bridgehead atoms. The molecule has 6 nitrogen and oxygen atoms in total. The number of rotatable bonds is 5. The van der Waals surface area contributed by atoms with Crippen molar-refractivity contribution >= 4 is 44.4 Å². The number of fused-ring (bicyclic) bond motifs is 2. The number of pyridine rings is 1. The van der Waals surface area contributed by atoms with Crippen LogP contribution in [0.25, 0.3) is 10.9 Å². The first kappa shape index (κ1) is 21.5. The fraction of sp³-hybridized carbons (Fsp3) is 0.292. The molecule has 0 fully saturated rings. The first-order valence-electron chi connectivity index (χ1n) is 10.3. The van der Waals surface area contributed by atoms with Crippen molar-refractivity contribution < 1.29 is 14.3 Å². The molecule has 1 amide bonds. The van der Waals surface area contributed by atoms with Gasteiger partial charge in [0.2, 0.25) is 0 Å². The van der Waals surface area contributed by atoms with E-state index in [9.17, 15) is 9.59 Å². The minimum atomic E-state index is -0.494. The number of esters is 1. The largest absolute Gasteiger partial charge is 0.452 e. The van der Waals surface area contributed by atoms with E-state index in [4.69, 9.17) is 9.72 Å². The van der Waals surface area contributed by atoms with Crippen molar-refractivity contribution in [3.63, 3.8) is 0 Å². The molecule has 0 atom stereocenters. The van der Waals surface area contributed by atoms with Crippen molar-refractivity contribution in [2.45, 2.75) is 32.9 Å². The molecule has 31 heavy (non-hydrogen) atoms. The molecule has 1 N–H and O–H groups in total. The molecule has 0 saturated heterocycles. The van der Waals surface area contributed by atoms with Crippen LogP contribution in [0.15, 0.2) is 53.0 Å². The molecule has 0 saturated carbocycles. The number of carbonyl (C=O) groups excluding carboxylic acids is 2. The quantitative estimate of drug-likeness (QED) is 0.540. The highest BCUT2D eigenvalue weighted by atomic mass is 79.9. The van der Waals surface area contributed by atoms with Gasteiger partial charge >= 0.3 is 5.97 Å². The molecule has 2 heterocycles. The number of nitrogens with zero attached hydrogens (tertiary/aromatic N) is 2. The third-order valence-corrected chi connectivity index (χ3v) is 6.00. The van der Waals surface area contributed by atoms with Gasteiger partial charge < -0.3 is 10.1 Å². The lowest BCUT2D eigenvalue weighted by Crippen LogP contribution is -2.37. The Balaban J connectivity index is 1.57. The lowest BCUT2D eigenvalue weighted by molar-refractivity contribution is -0.119. The summed E-state index contributed by atoms with van der Waals surface area (Å²) in [6.45, 7) is 5.47. The standard InChI is InChI=1S/C24H24BrN3O3/c1-15(2)28-12-11-21-19(13-28)23(18-5-3-4-6-20(18)27-21)24(30)31-14-22(29)26-17-9-7-16(25)8-10-17/h3-10,15H,11-14H2,1-2H3,(H,26,29). The number of benzene rings is 2. The van der Waals surface area contributed by atoms with Crippen molar-refractivity contribution in [2.75, 3.05) is 18.5 Å². The molecule has 7 heteroatoms. The van der Waals surface area contributed by atoms with Gasteiger partial charge in [-0.15, -0.1) is 0 Å². The number of hydrogen-bond donors (Lipinski definition) is 1. The highest BCUT2D eigenvalue weighted by molar-refractivity contribution is 9.10. The maximum Gasteiger partial charge on any atom is 0.339 e. The van der Waals surface area contributed by atoms with Crippen LogP contribution in [-0.4, -0.2) is 41.0 Å². The molecule has 0 radical (unpaired) electrons. The van der Waals surface area contributed by atoms with Crippen molar-refractivity contribution in [1.29, 1.82) is 0 Å². The average molecular weight is 482 g/mol. The molecule has 0 aliphatic carbocycles. The summed E-state index contributed by atoms with van der Waals surface area (Å²) in [6, 6.07) is 15.2. The van der Waals surface area contributed by atoms with Crippen LogP contribution in [0.2, 0.25) is 0 Å². The number of amides is 1. The third kappa shape index (κ3) is 4.78. The van der Waals surface area contributed by atoms with E-state index in [2.05, 4.69) is 40.0 Å². The maximum atomic E-state index is 13.2. The summed E-state index contributed by atoms with van der Waals surface area (Å²) in [4.78, 5) is 32.6. The van der Waals surface area contributed by atoms with E-state index in [-0.39, 0.29) is 12.5 Å². The van der Waals surface area contributed by atoms with Gasteiger partial charge in [0, 0.05) is 52.4 Å². The van der Waals surface area contributed by atoms with Crippen LogP contribution >= 0.6 is 15.9 Å². The van der Waals surface area contributed by atoms with E-state index in [0.717, 1.165) is 39.6 Å². The Kier molecular flexibility index (Phi) is 6.34. The Morgan fingerprint density at radius 1 is 1.16 bits per heavy atom. The topological polar surface area (TPSA) is 71.5 Å². The SMILES string of the molecule is CC(C)N1CCc2nc3ccccc3c(C(=O)OCC(=O)Nc3ccc(Br)cc3)c2C1. The van der Waals surface area contributed by atoms with Crippen LogP contribution in [-0.2, 0) is 22.5 Å². The molecule has 0 unspecified atom stereocenters. The van der Waals surface area contributed by atoms with Crippen LogP contribution in [0.5, 0.6) is 0 Å². The Morgan fingerprint density at radius 3 is 2.65 bits per heavy atom. The normalized spacial score (nSPS) is 13.8. The summed E-state index contributed by atoms with van der Waals surface area (Å²) >= 11 is 3.36. The Bertz CT molecular complexity index is 1130. The summed E-state index contributed by atoms with van der Waals surface area (Å²) in [7, 11) is 0. The highest BCUT2D eigenvalue weighted by Crippen LogP contribution is 2.29. The number of nitrogens with one attached hydrogen (secondary N) is 1. The second kappa shape index (κ2) is 9.16. The molecule has 4 rings (SSSR count). The number of halogens is 1. The zero-order chi connectivity index (χ0) is 22.0. The number of ether oxygens (including phenoxy) is 1. The zero-order valence-electron chi connectivity index (χ0n) is 17.5. The van der Waals surface area contributed by atoms with Crippen LogP contribution in [0.3, 0.4) is 0 Å². The van der Waals surface area contributed by atoms with Gasteiger partial charge in [-0.3, -0.25) is 14.7 Å². The average Bonchev–Trinajstić information content (AvgIpc) is 2.77. The predicted molar refractivity (Wildman–Crippen MR) is 124 cm³/mol. The fourth-order valence-corrected chi connectivity index (χ4v) is 4.08. The van der Waals surface area contributed by atoms with Gasteiger partial charge in [0.05, 0.1) is 11.1 Å². The lowest BCUT2D eigenvalue weighted by Gasteiger charge is -2.32. The van der Waals surface area contributed by atoms with Gasteiger partial charge in [0.25, 0.3) is 5.91 Å². The first-order valence-corrected chi connectivity index (χ1v) is 11.1. The summed E-state index contributed by atoms with van der Waals surface area (Å²) in [5.74, 6) is -0.877. The molecule has 2 aromatic carbocycles. The van der Waals surface area contributed by atoms with Gasteiger partial charge in [-0.05, 0) is 44.2 Å². The maximum absolute atomic E-state index is 13.2. The highest BCUT2D eigenvalue weighted by Gasteiger charge is 2.27. The lowest BCUT2D eigenvalue weighted by atomic mass is 9.95. The first-order chi connectivity index (χ1) is 14.9. The van der Waals surface area contributed by atoms with E-state index in [1.54, 1.807) is 12.1 Å².